The lowest BCUT2D eigenvalue weighted by atomic mass is 10.2. The number of para-hydroxylation sites is 1. The second-order valence-electron chi connectivity index (χ2n) is 5.23. The third-order valence-corrected chi connectivity index (χ3v) is 3.64. The summed E-state index contributed by atoms with van der Waals surface area (Å²) < 4.78 is 0. The summed E-state index contributed by atoms with van der Waals surface area (Å²) in [7, 11) is 0. The number of rotatable bonds is 3. The van der Waals surface area contributed by atoms with E-state index in [-0.39, 0.29) is 6.03 Å². The van der Waals surface area contributed by atoms with Crippen molar-refractivity contribution in [3.63, 3.8) is 0 Å². The minimum Gasteiger partial charge on any atom is -0.333 e. The van der Waals surface area contributed by atoms with Crippen LogP contribution in [0.2, 0.25) is 0 Å². The summed E-state index contributed by atoms with van der Waals surface area (Å²) in [5.41, 5.74) is 2.44. The third kappa shape index (κ3) is 2.63. The van der Waals surface area contributed by atoms with Crippen molar-refractivity contribution in [3.8, 4) is 0 Å². The molecule has 0 saturated heterocycles. The SMILES string of the molecule is O=C1NCc2cnc(Nc3ccncc3)nc2N1c1ccccc1. The van der Waals surface area contributed by atoms with Crippen molar-refractivity contribution in [1.29, 1.82) is 0 Å². The molecule has 0 spiro atoms. The van der Waals surface area contributed by atoms with Crippen molar-refractivity contribution < 1.29 is 4.79 Å². The molecule has 0 unspecified atom stereocenters. The van der Waals surface area contributed by atoms with Gasteiger partial charge in [0.2, 0.25) is 5.95 Å². The van der Waals surface area contributed by atoms with Crippen LogP contribution in [0.15, 0.2) is 61.1 Å². The van der Waals surface area contributed by atoms with Gasteiger partial charge in [-0.1, -0.05) is 18.2 Å². The molecular formula is C17H14N6O. The van der Waals surface area contributed by atoms with Crippen LogP contribution in [-0.2, 0) is 6.54 Å². The Morgan fingerprint density at radius 2 is 1.88 bits per heavy atom. The van der Waals surface area contributed by atoms with Crippen molar-refractivity contribution in [2.75, 3.05) is 10.2 Å². The maximum Gasteiger partial charge on any atom is 0.327 e. The van der Waals surface area contributed by atoms with E-state index >= 15 is 0 Å². The Bertz CT molecular complexity index is 869. The van der Waals surface area contributed by atoms with Crippen LogP contribution < -0.4 is 15.5 Å². The van der Waals surface area contributed by atoms with Crippen LogP contribution in [0.3, 0.4) is 0 Å². The van der Waals surface area contributed by atoms with Crippen molar-refractivity contribution >= 4 is 29.2 Å². The minimum absolute atomic E-state index is 0.206. The molecule has 0 atom stereocenters. The van der Waals surface area contributed by atoms with Crippen LogP contribution >= 0.6 is 0 Å². The van der Waals surface area contributed by atoms with Crippen molar-refractivity contribution in [2.45, 2.75) is 6.54 Å². The molecule has 0 saturated carbocycles. The van der Waals surface area contributed by atoms with Gasteiger partial charge in [0.15, 0.2) is 5.82 Å². The molecule has 118 valence electrons. The summed E-state index contributed by atoms with van der Waals surface area (Å²) >= 11 is 0. The van der Waals surface area contributed by atoms with E-state index in [1.807, 2.05) is 42.5 Å². The van der Waals surface area contributed by atoms with Crippen molar-refractivity contribution in [3.05, 3.63) is 66.6 Å². The average molecular weight is 318 g/mol. The van der Waals surface area contributed by atoms with Crippen LogP contribution in [0.5, 0.6) is 0 Å². The quantitative estimate of drug-likeness (QED) is 0.775. The number of amides is 2. The molecule has 3 aromatic rings. The van der Waals surface area contributed by atoms with Crippen LogP contribution in [0, 0.1) is 0 Å². The van der Waals surface area contributed by atoms with Gasteiger partial charge in [-0.25, -0.2) is 14.7 Å². The van der Waals surface area contributed by atoms with E-state index in [9.17, 15) is 4.79 Å². The smallest absolute Gasteiger partial charge is 0.327 e. The predicted molar refractivity (Wildman–Crippen MR) is 90.4 cm³/mol. The predicted octanol–water partition coefficient (Wildman–Crippen LogP) is 2.98. The second kappa shape index (κ2) is 5.96. The van der Waals surface area contributed by atoms with Gasteiger partial charge < -0.3 is 10.6 Å². The maximum atomic E-state index is 12.4. The van der Waals surface area contributed by atoms with E-state index in [2.05, 4.69) is 25.6 Å². The molecule has 0 aliphatic carbocycles. The number of carbonyl (C=O) groups excluding carboxylic acids is 1. The maximum absolute atomic E-state index is 12.4. The zero-order valence-electron chi connectivity index (χ0n) is 12.7. The molecule has 4 rings (SSSR count). The zero-order chi connectivity index (χ0) is 16.4. The van der Waals surface area contributed by atoms with E-state index in [0.717, 1.165) is 16.9 Å². The molecule has 2 N–H and O–H groups in total. The fraction of sp³-hybridized carbons (Fsp3) is 0.0588. The van der Waals surface area contributed by atoms with Crippen LogP contribution in [-0.4, -0.2) is 21.0 Å². The molecule has 0 radical (unpaired) electrons. The molecule has 7 heteroatoms. The summed E-state index contributed by atoms with van der Waals surface area (Å²) in [4.78, 5) is 26.7. The Labute approximate surface area is 138 Å². The van der Waals surface area contributed by atoms with E-state index in [4.69, 9.17) is 0 Å². The molecule has 2 aromatic heterocycles. The number of aromatic nitrogens is 3. The number of anilines is 4. The number of nitrogens with one attached hydrogen (secondary N) is 2. The lowest BCUT2D eigenvalue weighted by molar-refractivity contribution is 0.247. The molecule has 0 bridgehead atoms. The Balaban J connectivity index is 1.73. The first-order valence-electron chi connectivity index (χ1n) is 7.47. The van der Waals surface area contributed by atoms with Crippen LogP contribution in [0.25, 0.3) is 0 Å². The topological polar surface area (TPSA) is 83.0 Å². The van der Waals surface area contributed by atoms with Gasteiger partial charge in [-0.2, -0.15) is 4.98 Å². The van der Waals surface area contributed by atoms with Gasteiger partial charge in [0.25, 0.3) is 0 Å². The van der Waals surface area contributed by atoms with E-state index in [0.29, 0.717) is 18.3 Å². The van der Waals surface area contributed by atoms with Crippen LogP contribution in [0.1, 0.15) is 5.56 Å². The highest BCUT2D eigenvalue weighted by atomic mass is 16.2. The first-order valence-corrected chi connectivity index (χ1v) is 7.47. The lowest BCUT2D eigenvalue weighted by Crippen LogP contribution is -2.41. The monoisotopic (exact) mass is 318 g/mol. The number of nitrogens with zero attached hydrogens (tertiary/aromatic N) is 4. The minimum atomic E-state index is -0.206. The number of pyridine rings is 1. The fourth-order valence-corrected chi connectivity index (χ4v) is 2.50. The lowest BCUT2D eigenvalue weighted by Gasteiger charge is -2.28. The van der Waals surface area contributed by atoms with Crippen LogP contribution in [0.4, 0.5) is 27.9 Å². The molecule has 1 aromatic carbocycles. The normalized spacial score (nSPS) is 13.2. The highest BCUT2D eigenvalue weighted by molar-refractivity contribution is 6.00. The van der Waals surface area contributed by atoms with Gasteiger partial charge in [0, 0.05) is 36.4 Å². The molecule has 7 nitrogen and oxygen atoms in total. The summed E-state index contributed by atoms with van der Waals surface area (Å²) in [6.07, 6.45) is 5.09. The molecule has 2 amide bonds. The summed E-state index contributed by atoms with van der Waals surface area (Å²) in [5, 5.41) is 5.95. The van der Waals surface area contributed by atoms with Crippen molar-refractivity contribution in [1.82, 2.24) is 20.3 Å². The Morgan fingerprint density at radius 1 is 1.08 bits per heavy atom. The van der Waals surface area contributed by atoms with Crippen molar-refractivity contribution in [2.24, 2.45) is 0 Å². The first-order chi connectivity index (χ1) is 11.8. The van der Waals surface area contributed by atoms with Gasteiger partial charge in [-0.15, -0.1) is 0 Å². The molecule has 0 fully saturated rings. The first kappa shape index (κ1) is 14.1. The number of benzene rings is 1. The molecule has 1 aliphatic heterocycles. The molecule has 24 heavy (non-hydrogen) atoms. The van der Waals surface area contributed by atoms with Gasteiger partial charge in [-0.3, -0.25) is 4.98 Å². The Morgan fingerprint density at radius 3 is 2.67 bits per heavy atom. The van der Waals surface area contributed by atoms with Gasteiger partial charge in [0.1, 0.15) is 0 Å². The summed E-state index contributed by atoms with van der Waals surface area (Å²) in [6, 6.07) is 12.8. The highest BCUT2D eigenvalue weighted by Crippen LogP contribution is 2.30. The summed E-state index contributed by atoms with van der Waals surface area (Å²) in [5.74, 6) is 1.01. The highest BCUT2D eigenvalue weighted by Gasteiger charge is 2.27. The average Bonchev–Trinajstić information content (AvgIpc) is 2.63. The number of hydrogen-bond acceptors (Lipinski definition) is 5. The summed E-state index contributed by atoms with van der Waals surface area (Å²) in [6.45, 7) is 0.410. The number of urea groups is 1. The number of hydrogen-bond donors (Lipinski definition) is 2. The third-order valence-electron chi connectivity index (χ3n) is 3.64. The number of fused-ring (bicyclic) bond motifs is 1. The fourth-order valence-electron chi connectivity index (χ4n) is 2.50. The second-order valence-corrected chi connectivity index (χ2v) is 5.23. The zero-order valence-corrected chi connectivity index (χ0v) is 12.7. The number of carbonyl (C=O) groups is 1. The van der Waals surface area contributed by atoms with E-state index in [1.54, 1.807) is 23.5 Å². The Hall–Kier alpha value is -3.48. The molecule has 1 aliphatic rings. The van der Waals surface area contributed by atoms with Gasteiger partial charge in [0.05, 0.1) is 5.69 Å². The molecule has 3 heterocycles. The molecular weight excluding hydrogens is 304 g/mol. The van der Waals surface area contributed by atoms with Gasteiger partial charge in [-0.05, 0) is 24.3 Å². The van der Waals surface area contributed by atoms with E-state index < -0.39 is 0 Å². The van der Waals surface area contributed by atoms with E-state index in [1.165, 1.54) is 0 Å². The standard InChI is InChI=1S/C17H14N6O/c24-17-20-11-12-10-19-16(21-13-6-8-18-9-7-13)22-15(12)23(17)14-4-2-1-3-5-14/h1-10H,11H2,(H,20,24)(H,18,19,21,22). The largest absolute Gasteiger partial charge is 0.333 e. The van der Waals surface area contributed by atoms with Gasteiger partial charge >= 0.3 is 6.03 Å². The Kier molecular flexibility index (Phi) is 3.51.